The van der Waals surface area contributed by atoms with Crippen LogP contribution in [0.2, 0.25) is 0 Å². The molecule has 0 spiro atoms. The van der Waals surface area contributed by atoms with Gasteiger partial charge in [0.15, 0.2) is 0 Å². The van der Waals surface area contributed by atoms with Crippen LogP contribution in [0, 0.1) is 6.92 Å². The summed E-state index contributed by atoms with van der Waals surface area (Å²) in [5, 5.41) is 0. The summed E-state index contributed by atoms with van der Waals surface area (Å²) < 4.78 is 0. The normalized spacial score (nSPS) is 12.4. The van der Waals surface area contributed by atoms with Crippen LogP contribution in [0.4, 0.5) is 0 Å². The van der Waals surface area contributed by atoms with E-state index in [0.29, 0.717) is 0 Å². The Labute approximate surface area is 95.8 Å². The van der Waals surface area contributed by atoms with Crippen molar-refractivity contribution in [2.24, 2.45) is 0 Å². The smallest absolute Gasteiger partial charge is 0.0348 e. The fourth-order valence-corrected chi connectivity index (χ4v) is 1.28. The van der Waals surface area contributed by atoms with Crippen LogP contribution in [0.15, 0.2) is 36.5 Å². The molecular weight excluding hydrogens is 180 g/mol. The number of rotatable bonds is 9. The lowest BCUT2D eigenvalue weighted by molar-refractivity contribution is 0.674. The summed E-state index contributed by atoms with van der Waals surface area (Å²) in [6, 6.07) is 0. The summed E-state index contributed by atoms with van der Waals surface area (Å²) in [7, 11) is 0. The van der Waals surface area contributed by atoms with Crippen LogP contribution in [0.5, 0.6) is 0 Å². The van der Waals surface area contributed by atoms with Gasteiger partial charge >= 0.3 is 0 Å². The maximum absolute atomic E-state index is 3.78. The zero-order chi connectivity index (χ0) is 11.2. The Balaban J connectivity index is 3.29. The molecule has 0 amide bonds. The molecular formula is C15H25. The topological polar surface area (TPSA) is 0 Å². The molecule has 0 aromatic carbocycles. The highest BCUT2D eigenvalue weighted by Crippen LogP contribution is 2.02. The van der Waals surface area contributed by atoms with E-state index in [0.717, 1.165) is 12.8 Å². The average molecular weight is 205 g/mol. The SMILES string of the molecule is [CH2]CCC=CC=CC=CCCCCCC. The molecule has 0 fully saturated rings. The molecule has 0 saturated carbocycles. The minimum absolute atomic E-state index is 0.984. The van der Waals surface area contributed by atoms with Gasteiger partial charge in [-0.05, 0) is 25.7 Å². The molecule has 1 radical (unpaired) electrons. The molecule has 85 valence electrons. The van der Waals surface area contributed by atoms with Crippen LogP contribution < -0.4 is 0 Å². The Morgan fingerprint density at radius 3 is 2.07 bits per heavy atom. The number of hydrogen-bond acceptors (Lipinski definition) is 0. The lowest BCUT2D eigenvalue weighted by Gasteiger charge is -1.92. The predicted molar refractivity (Wildman–Crippen MR) is 70.8 cm³/mol. The fraction of sp³-hybridized carbons (Fsp3) is 0.533. The lowest BCUT2D eigenvalue weighted by Crippen LogP contribution is -1.72. The van der Waals surface area contributed by atoms with Gasteiger partial charge in [0.2, 0.25) is 0 Å². The van der Waals surface area contributed by atoms with Crippen molar-refractivity contribution < 1.29 is 0 Å². The van der Waals surface area contributed by atoms with Gasteiger partial charge in [0.1, 0.15) is 0 Å². The van der Waals surface area contributed by atoms with Gasteiger partial charge in [-0.1, -0.05) is 69.6 Å². The van der Waals surface area contributed by atoms with Crippen molar-refractivity contribution in [2.45, 2.75) is 51.9 Å². The van der Waals surface area contributed by atoms with Crippen LogP contribution in [-0.2, 0) is 0 Å². The molecule has 0 aliphatic rings. The summed E-state index contributed by atoms with van der Waals surface area (Å²) in [6.07, 6.45) is 21.5. The van der Waals surface area contributed by atoms with Gasteiger partial charge in [-0.25, -0.2) is 0 Å². The molecule has 0 bridgehead atoms. The van der Waals surface area contributed by atoms with Crippen molar-refractivity contribution in [3.05, 3.63) is 43.4 Å². The van der Waals surface area contributed by atoms with Crippen LogP contribution in [0.25, 0.3) is 0 Å². The first-order valence-electron chi connectivity index (χ1n) is 6.19. The Kier molecular flexibility index (Phi) is 12.5. The fourth-order valence-electron chi connectivity index (χ4n) is 1.28. The van der Waals surface area contributed by atoms with Crippen molar-refractivity contribution in [3.8, 4) is 0 Å². The van der Waals surface area contributed by atoms with E-state index < -0.39 is 0 Å². The first kappa shape index (κ1) is 14.2. The molecule has 0 heterocycles. The molecule has 0 aromatic rings. The minimum Gasteiger partial charge on any atom is -0.0845 e. The number of allylic oxidation sites excluding steroid dienone is 6. The van der Waals surface area contributed by atoms with Gasteiger partial charge in [-0.2, -0.15) is 0 Å². The van der Waals surface area contributed by atoms with Gasteiger partial charge in [0, 0.05) is 0 Å². The largest absolute Gasteiger partial charge is 0.0845 e. The number of unbranched alkanes of at least 4 members (excludes halogenated alkanes) is 5. The average Bonchev–Trinajstić information content (AvgIpc) is 2.26. The summed E-state index contributed by atoms with van der Waals surface area (Å²) in [5.74, 6) is 0. The van der Waals surface area contributed by atoms with Gasteiger partial charge in [0.25, 0.3) is 0 Å². The quantitative estimate of drug-likeness (QED) is 0.357. The third-order valence-electron chi connectivity index (χ3n) is 2.20. The summed E-state index contributed by atoms with van der Waals surface area (Å²) in [4.78, 5) is 0. The van der Waals surface area contributed by atoms with E-state index in [1.165, 1.54) is 32.1 Å². The zero-order valence-electron chi connectivity index (χ0n) is 10.1. The van der Waals surface area contributed by atoms with E-state index in [1.807, 2.05) is 0 Å². The van der Waals surface area contributed by atoms with E-state index in [1.54, 1.807) is 0 Å². The van der Waals surface area contributed by atoms with Crippen molar-refractivity contribution in [2.75, 3.05) is 0 Å². The molecule has 0 heteroatoms. The van der Waals surface area contributed by atoms with Crippen molar-refractivity contribution >= 4 is 0 Å². The second kappa shape index (κ2) is 13.2. The summed E-state index contributed by atoms with van der Waals surface area (Å²) >= 11 is 0. The molecule has 15 heavy (non-hydrogen) atoms. The summed E-state index contributed by atoms with van der Waals surface area (Å²) in [6.45, 7) is 6.03. The Bertz CT molecular complexity index is 184. The van der Waals surface area contributed by atoms with Crippen molar-refractivity contribution in [1.82, 2.24) is 0 Å². The molecule has 0 aliphatic heterocycles. The van der Waals surface area contributed by atoms with E-state index in [2.05, 4.69) is 50.3 Å². The van der Waals surface area contributed by atoms with Crippen LogP contribution >= 0.6 is 0 Å². The zero-order valence-corrected chi connectivity index (χ0v) is 10.1. The van der Waals surface area contributed by atoms with E-state index in [4.69, 9.17) is 0 Å². The molecule has 0 atom stereocenters. The molecule has 0 unspecified atom stereocenters. The van der Waals surface area contributed by atoms with E-state index >= 15 is 0 Å². The second-order valence-electron chi connectivity index (χ2n) is 3.73. The van der Waals surface area contributed by atoms with E-state index in [9.17, 15) is 0 Å². The van der Waals surface area contributed by atoms with E-state index in [-0.39, 0.29) is 0 Å². The first-order chi connectivity index (χ1) is 7.41. The standard InChI is InChI=1S/C15H25/c1-3-5-7-9-11-13-15-14-12-10-8-6-4-2/h7,9,11,13-15H,1,3-6,8,10,12H2,2H3. The minimum atomic E-state index is 0.984. The molecule has 0 aromatic heterocycles. The first-order valence-corrected chi connectivity index (χ1v) is 6.19. The number of hydrogen-bond donors (Lipinski definition) is 0. The Hall–Kier alpha value is -0.780. The lowest BCUT2D eigenvalue weighted by atomic mass is 10.1. The molecule has 0 saturated heterocycles. The Morgan fingerprint density at radius 1 is 0.800 bits per heavy atom. The maximum Gasteiger partial charge on any atom is -0.0348 e. The highest BCUT2D eigenvalue weighted by atomic mass is 13.9. The second-order valence-corrected chi connectivity index (χ2v) is 3.73. The van der Waals surface area contributed by atoms with Crippen LogP contribution in [0.3, 0.4) is 0 Å². The highest BCUT2D eigenvalue weighted by molar-refractivity contribution is 5.10. The maximum atomic E-state index is 3.78. The third kappa shape index (κ3) is 13.2. The van der Waals surface area contributed by atoms with Gasteiger partial charge in [0.05, 0.1) is 0 Å². The molecule has 0 aliphatic carbocycles. The van der Waals surface area contributed by atoms with Gasteiger partial charge in [-0.15, -0.1) is 0 Å². The third-order valence-corrected chi connectivity index (χ3v) is 2.20. The van der Waals surface area contributed by atoms with Gasteiger partial charge < -0.3 is 0 Å². The molecule has 0 rings (SSSR count). The molecule has 0 N–H and O–H groups in total. The predicted octanol–water partition coefficient (Wildman–Crippen LogP) is 5.24. The van der Waals surface area contributed by atoms with Crippen molar-refractivity contribution in [3.63, 3.8) is 0 Å². The van der Waals surface area contributed by atoms with Crippen molar-refractivity contribution in [1.29, 1.82) is 0 Å². The Morgan fingerprint density at radius 2 is 1.47 bits per heavy atom. The van der Waals surface area contributed by atoms with Crippen LogP contribution in [-0.4, -0.2) is 0 Å². The van der Waals surface area contributed by atoms with Gasteiger partial charge in [-0.3, -0.25) is 0 Å². The monoisotopic (exact) mass is 205 g/mol. The van der Waals surface area contributed by atoms with Crippen LogP contribution in [0.1, 0.15) is 51.9 Å². The molecule has 0 nitrogen and oxygen atoms in total. The highest BCUT2D eigenvalue weighted by Gasteiger charge is 1.82. The summed E-state index contributed by atoms with van der Waals surface area (Å²) in [5.41, 5.74) is 0.